The second kappa shape index (κ2) is 10.3. The topological polar surface area (TPSA) is 73.8 Å². The third kappa shape index (κ3) is 5.85. The number of para-hydroxylation sites is 1. The largest absolute Gasteiger partial charge is 0.341 e. The molecule has 0 aliphatic carbocycles. The van der Waals surface area contributed by atoms with Crippen molar-refractivity contribution in [3.05, 3.63) is 36.0 Å². The van der Waals surface area contributed by atoms with Crippen molar-refractivity contribution in [1.82, 2.24) is 19.1 Å². The predicted octanol–water partition coefficient (Wildman–Crippen LogP) is 2.99. The van der Waals surface area contributed by atoms with Crippen LogP contribution >= 0.6 is 0 Å². The lowest BCUT2D eigenvalue weighted by atomic mass is 10.1. The third-order valence-corrected chi connectivity index (χ3v) is 7.57. The Balaban J connectivity index is 1.67. The molecule has 0 bridgehead atoms. The SMILES string of the molecule is Cc1cnc2c(S(=O)(=O)N3CCN(CC(=O)N(CC(C)C)CC(C)C)CC3)cccc2c1. The summed E-state index contributed by atoms with van der Waals surface area (Å²) in [7, 11) is -3.65. The van der Waals surface area contributed by atoms with E-state index in [4.69, 9.17) is 0 Å². The van der Waals surface area contributed by atoms with Gasteiger partial charge in [-0.25, -0.2) is 8.42 Å². The van der Waals surface area contributed by atoms with Gasteiger partial charge in [-0.05, 0) is 36.5 Å². The molecule has 1 fully saturated rings. The highest BCUT2D eigenvalue weighted by molar-refractivity contribution is 7.89. The van der Waals surface area contributed by atoms with Crippen molar-refractivity contribution in [3.63, 3.8) is 0 Å². The lowest BCUT2D eigenvalue weighted by molar-refractivity contribution is -0.133. The van der Waals surface area contributed by atoms with E-state index in [0.29, 0.717) is 50.1 Å². The van der Waals surface area contributed by atoms with E-state index in [9.17, 15) is 13.2 Å². The molecule has 2 aromatic rings. The van der Waals surface area contributed by atoms with Crippen molar-refractivity contribution in [2.75, 3.05) is 45.8 Å². The number of carbonyl (C=O) groups is 1. The second-order valence-corrected chi connectivity index (χ2v) is 11.5. The molecule has 3 rings (SSSR count). The van der Waals surface area contributed by atoms with E-state index in [1.54, 1.807) is 18.3 Å². The average molecular weight is 461 g/mol. The molecule has 32 heavy (non-hydrogen) atoms. The number of nitrogens with zero attached hydrogens (tertiary/aromatic N) is 4. The number of hydrogen-bond acceptors (Lipinski definition) is 5. The van der Waals surface area contributed by atoms with Gasteiger partial charge in [0.05, 0.1) is 12.1 Å². The van der Waals surface area contributed by atoms with Gasteiger partial charge in [0.25, 0.3) is 0 Å². The number of piperazine rings is 1. The molecule has 7 nitrogen and oxygen atoms in total. The number of carbonyl (C=O) groups excluding carboxylic acids is 1. The highest BCUT2D eigenvalue weighted by Crippen LogP contribution is 2.25. The van der Waals surface area contributed by atoms with Crippen LogP contribution in [0.1, 0.15) is 33.3 Å². The second-order valence-electron chi connectivity index (χ2n) is 9.61. The van der Waals surface area contributed by atoms with Crippen molar-refractivity contribution in [1.29, 1.82) is 0 Å². The van der Waals surface area contributed by atoms with Crippen molar-refractivity contribution in [2.45, 2.75) is 39.5 Å². The van der Waals surface area contributed by atoms with E-state index in [1.165, 1.54) is 4.31 Å². The number of benzene rings is 1. The van der Waals surface area contributed by atoms with Gasteiger partial charge in [-0.3, -0.25) is 14.7 Å². The van der Waals surface area contributed by atoms with Crippen LogP contribution in [0.3, 0.4) is 0 Å². The number of aryl methyl sites for hydroxylation is 1. The van der Waals surface area contributed by atoms with Gasteiger partial charge in [0.2, 0.25) is 15.9 Å². The van der Waals surface area contributed by atoms with E-state index in [2.05, 4.69) is 37.6 Å². The Kier molecular flexibility index (Phi) is 7.90. The molecule has 1 aliphatic heterocycles. The van der Waals surface area contributed by atoms with Gasteiger partial charge in [0, 0.05) is 50.9 Å². The van der Waals surface area contributed by atoms with Crippen LogP contribution in [0, 0.1) is 18.8 Å². The minimum Gasteiger partial charge on any atom is -0.341 e. The molecule has 0 unspecified atom stereocenters. The molecule has 176 valence electrons. The molecule has 1 saturated heterocycles. The molecule has 1 aliphatic rings. The van der Waals surface area contributed by atoms with Crippen molar-refractivity contribution >= 4 is 26.8 Å². The molecule has 0 spiro atoms. The standard InChI is InChI=1S/C24H36N4O3S/c1-18(2)15-27(16-19(3)4)23(29)17-26-9-11-28(12-10-26)32(30,31)22-8-6-7-21-13-20(5)14-25-24(21)22/h6-8,13-14,18-19H,9-12,15-17H2,1-5H3. The molecule has 1 aromatic carbocycles. The molecule has 0 saturated carbocycles. The van der Waals surface area contributed by atoms with Gasteiger partial charge < -0.3 is 4.90 Å². The fraction of sp³-hybridized carbons (Fsp3) is 0.583. The fourth-order valence-electron chi connectivity index (χ4n) is 4.17. The van der Waals surface area contributed by atoms with Crippen molar-refractivity contribution < 1.29 is 13.2 Å². The number of rotatable bonds is 8. The van der Waals surface area contributed by atoms with E-state index in [-0.39, 0.29) is 10.8 Å². The fourth-order valence-corrected chi connectivity index (χ4v) is 5.76. The molecular weight excluding hydrogens is 424 g/mol. The van der Waals surface area contributed by atoms with Crippen LogP contribution in [0.25, 0.3) is 10.9 Å². The Hall–Kier alpha value is -2.03. The van der Waals surface area contributed by atoms with Crippen LogP contribution in [-0.2, 0) is 14.8 Å². The molecule has 1 aromatic heterocycles. The number of aromatic nitrogens is 1. The Morgan fingerprint density at radius 3 is 2.28 bits per heavy atom. The van der Waals surface area contributed by atoms with Crippen LogP contribution in [0.4, 0.5) is 0 Å². The third-order valence-electron chi connectivity index (χ3n) is 5.64. The highest BCUT2D eigenvalue weighted by Gasteiger charge is 2.31. The summed E-state index contributed by atoms with van der Waals surface area (Å²) in [5.41, 5.74) is 1.50. The summed E-state index contributed by atoms with van der Waals surface area (Å²) in [6.45, 7) is 14.1. The quantitative estimate of drug-likeness (QED) is 0.606. The maximum Gasteiger partial charge on any atom is 0.245 e. The summed E-state index contributed by atoms with van der Waals surface area (Å²) in [6, 6.07) is 7.23. The van der Waals surface area contributed by atoms with Gasteiger partial charge in [0.15, 0.2) is 0 Å². The van der Waals surface area contributed by atoms with Gasteiger partial charge in [0.1, 0.15) is 4.90 Å². The first-order chi connectivity index (χ1) is 15.1. The maximum atomic E-state index is 13.4. The summed E-state index contributed by atoms with van der Waals surface area (Å²) in [4.78, 5) is 21.6. The molecule has 0 radical (unpaired) electrons. The Labute approximate surface area is 192 Å². The van der Waals surface area contributed by atoms with Crippen LogP contribution in [0.15, 0.2) is 35.4 Å². The van der Waals surface area contributed by atoms with Gasteiger partial charge in [-0.2, -0.15) is 4.31 Å². The molecule has 2 heterocycles. The number of pyridine rings is 1. The summed E-state index contributed by atoms with van der Waals surface area (Å²) in [6.07, 6.45) is 1.70. The first-order valence-corrected chi connectivity index (χ1v) is 12.9. The van der Waals surface area contributed by atoms with Crippen LogP contribution in [0.2, 0.25) is 0 Å². The smallest absolute Gasteiger partial charge is 0.245 e. The Morgan fingerprint density at radius 2 is 1.69 bits per heavy atom. The molecule has 8 heteroatoms. The molecule has 0 N–H and O–H groups in total. The lowest BCUT2D eigenvalue weighted by Gasteiger charge is -2.35. The Bertz CT molecular complexity index is 1030. The summed E-state index contributed by atoms with van der Waals surface area (Å²) in [5.74, 6) is 0.952. The predicted molar refractivity (Wildman–Crippen MR) is 128 cm³/mol. The minimum atomic E-state index is -3.65. The van der Waals surface area contributed by atoms with Crippen LogP contribution in [-0.4, -0.2) is 79.2 Å². The Morgan fingerprint density at radius 1 is 1.06 bits per heavy atom. The van der Waals surface area contributed by atoms with Crippen LogP contribution in [0.5, 0.6) is 0 Å². The number of amides is 1. The summed E-state index contributed by atoms with van der Waals surface area (Å²) in [5, 5.41) is 0.825. The maximum absolute atomic E-state index is 13.4. The first-order valence-electron chi connectivity index (χ1n) is 11.4. The number of sulfonamides is 1. The average Bonchev–Trinajstić information content (AvgIpc) is 2.72. The van der Waals surface area contributed by atoms with Gasteiger partial charge in [-0.15, -0.1) is 0 Å². The summed E-state index contributed by atoms with van der Waals surface area (Å²) < 4.78 is 28.2. The van der Waals surface area contributed by atoms with Crippen LogP contribution < -0.4 is 0 Å². The van der Waals surface area contributed by atoms with E-state index < -0.39 is 10.0 Å². The molecule has 0 atom stereocenters. The zero-order chi connectivity index (χ0) is 23.5. The molecule has 1 amide bonds. The minimum absolute atomic E-state index is 0.123. The van der Waals surface area contributed by atoms with Crippen molar-refractivity contribution in [3.8, 4) is 0 Å². The normalized spacial score (nSPS) is 16.2. The lowest BCUT2D eigenvalue weighted by Crippen LogP contribution is -2.52. The van der Waals surface area contributed by atoms with E-state index in [1.807, 2.05) is 24.0 Å². The zero-order valence-corrected chi connectivity index (χ0v) is 20.7. The highest BCUT2D eigenvalue weighted by atomic mass is 32.2. The monoisotopic (exact) mass is 460 g/mol. The first kappa shape index (κ1) is 24.6. The number of fused-ring (bicyclic) bond motifs is 1. The number of hydrogen-bond donors (Lipinski definition) is 0. The van der Waals surface area contributed by atoms with Gasteiger partial charge in [-0.1, -0.05) is 39.8 Å². The van der Waals surface area contributed by atoms with Gasteiger partial charge >= 0.3 is 0 Å². The van der Waals surface area contributed by atoms with Crippen molar-refractivity contribution in [2.24, 2.45) is 11.8 Å². The summed E-state index contributed by atoms with van der Waals surface area (Å²) >= 11 is 0. The van der Waals surface area contributed by atoms with E-state index >= 15 is 0 Å². The van der Waals surface area contributed by atoms with E-state index in [0.717, 1.165) is 24.0 Å². The zero-order valence-electron chi connectivity index (χ0n) is 19.9. The molecular formula is C24H36N4O3S.